The molecule has 0 aliphatic heterocycles. The molecule has 7 heteroatoms. The monoisotopic (exact) mass is 633 g/mol. The second kappa shape index (κ2) is 4.03. The first kappa shape index (κ1) is 11.1. The van der Waals surface area contributed by atoms with Gasteiger partial charge in [0.2, 0.25) is 0 Å². The number of likely N-dealkylation sites (N-methyl/N-ethyl adjacent to an activating group) is 1. The Balaban J connectivity index is 2.99. The van der Waals surface area contributed by atoms with Crippen LogP contribution in [0.2, 0.25) is 0 Å². The molecule has 0 N–H and O–H groups in total. The van der Waals surface area contributed by atoms with Crippen LogP contribution in [0.3, 0.4) is 0 Å². The van der Waals surface area contributed by atoms with E-state index >= 15 is 0 Å². The van der Waals surface area contributed by atoms with Crippen molar-refractivity contribution in [1.29, 1.82) is 0 Å². The van der Waals surface area contributed by atoms with Gasteiger partial charge in [-0.2, -0.15) is 0 Å². The van der Waals surface area contributed by atoms with Gasteiger partial charge >= 0.3 is 92.1 Å². The molecule has 0 radical (unpaired) electrons. The quantitative estimate of drug-likeness (QED) is 0.407. The van der Waals surface area contributed by atoms with E-state index in [1.807, 2.05) is 6.92 Å². The van der Waals surface area contributed by atoms with E-state index in [1.54, 1.807) is 16.9 Å². The minimum atomic E-state index is 0.0843. The average molecular weight is 632 g/mol. The van der Waals surface area contributed by atoms with Gasteiger partial charge in [0.05, 0.1) is 0 Å². The summed E-state index contributed by atoms with van der Waals surface area (Å²) in [5.74, 6) is 0.0843. The molecular weight excluding hydrogens is 623 g/mol. The predicted octanol–water partition coefficient (Wildman–Crippen LogP) is -0.901. The van der Waals surface area contributed by atoms with Crippen LogP contribution in [0.25, 0.3) is 0 Å². The number of carbonyl (C=O) groups excluding carboxylic acids is 2. The first-order chi connectivity index (χ1) is 6.97. The van der Waals surface area contributed by atoms with Gasteiger partial charge in [-0.3, -0.25) is 0 Å². The van der Waals surface area contributed by atoms with Gasteiger partial charge in [-0.05, 0) is 0 Å². The van der Waals surface area contributed by atoms with E-state index in [4.69, 9.17) is 0 Å². The van der Waals surface area contributed by atoms with Gasteiger partial charge in [0, 0.05) is 0 Å². The van der Waals surface area contributed by atoms with E-state index < -0.39 is 0 Å². The zero-order valence-electron chi connectivity index (χ0n) is 8.53. The fourth-order valence-corrected chi connectivity index (χ4v) is 2.52. The Morgan fingerprint density at radius 3 is 2.73 bits per heavy atom. The zero-order chi connectivity index (χ0) is 11.6. The molecule has 0 bridgehead atoms. The maximum atomic E-state index is 11.6. The fourth-order valence-electron chi connectivity index (χ4n) is 1.07. The van der Waals surface area contributed by atoms with Crippen molar-refractivity contribution in [3.05, 3.63) is 11.4 Å². The third-order valence-corrected chi connectivity index (χ3v) is 4.67. The molecule has 0 spiro atoms. The molecule has 0 fully saturated rings. The number of hydrogen-bond acceptors (Lipinski definition) is 3. The Hall–Kier alpha value is -1.99. The SMILES string of the molecule is Cc1c(C=O)n[c]([Re])n1CC(=O)[N](C)[Rf]. The summed E-state index contributed by atoms with van der Waals surface area (Å²) in [5.41, 5.74) is 1.20. The molecule has 0 aliphatic rings. The molecule has 1 heterocycles. The van der Waals surface area contributed by atoms with Crippen molar-refractivity contribution in [2.45, 2.75) is 13.5 Å². The van der Waals surface area contributed by atoms with Gasteiger partial charge < -0.3 is 0 Å². The van der Waals surface area contributed by atoms with Crippen LogP contribution in [0.4, 0.5) is 0 Å². The topological polar surface area (TPSA) is 55.2 Å². The minimum absolute atomic E-state index is 0.0843. The van der Waals surface area contributed by atoms with Crippen molar-refractivity contribution >= 4 is 16.5 Å². The first-order valence-corrected chi connectivity index (χ1v) is 8.44. The number of rotatable bonds is 3. The van der Waals surface area contributed by atoms with Gasteiger partial charge in [0.1, 0.15) is 0 Å². The Morgan fingerprint density at radius 2 is 2.33 bits per heavy atom. The van der Waals surface area contributed by atoms with Crippen LogP contribution in [-0.2, 0) is 30.5 Å². The van der Waals surface area contributed by atoms with Gasteiger partial charge in [-0.1, -0.05) is 0 Å². The molecule has 1 amide bonds. The Labute approximate surface area is 92.3 Å². The second-order valence-electron chi connectivity index (χ2n) is 3.15. The van der Waals surface area contributed by atoms with Crippen LogP contribution in [0.5, 0.6) is 0 Å². The summed E-state index contributed by atoms with van der Waals surface area (Å²) in [5, 5.41) is 1.73. The number of carbonyl (C=O) groups is 2. The van der Waals surface area contributed by atoms with E-state index in [0.29, 0.717) is 12.2 Å². The third kappa shape index (κ3) is 2.09. The van der Waals surface area contributed by atoms with Crippen molar-refractivity contribution in [3.63, 3.8) is 0 Å². The molecule has 1 aromatic rings. The molecule has 15 heavy (non-hydrogen) atoms. The molecule has 77 valence electrons. The first-order valence-electron chi connectivity index (χ1n) is 4.22. The van der Waals surface area contributed by atoms with Crippen LogP contribution in [0.1, 0.15) is 16.2 Å². The third-order valence-electron chi connectivity index (χ3n) is 2.04. The Kier molecular flexibility index (Phi) is 2.98. The molecule has 0 saturated heterocycles. The number of imidazole rings is 1. The molecule has 1 aromatic heterocycles. The fraction of sp³-hybridized carbons (Fsp3) is 0.375. The number of amides is 1. The van der Waals surface area contributed by atoms with Crippen LogP contribution in [-0.4, -0.2) is 34.1 Å². The van der Waals surface area contributed by atoms with Crippen LogP contribution in [0.15, 0.2) is 0 Å². The number of nitrogens with zero attached hydrogens (tertiary/aromatic N) is 3. The molecule has 0 aromatic carbocycles. The molecule has 0 atom stereocenters. The zero-order valence-corrected chi connectivity index (χ0v) is 17.6. The molecular formula is C8H9N3O2ReRf. The molecule has 5 nitrogen and oxygen atoms in total. The molecule has 1 rings (SSSR count). The van der Waals surface area contributed by atoms with Gasteiger partial charge in [0.15, 0.2) is 0 Å². The van der Waals surface area contributed by atoms with Crippen molar-refractivity contribution in [1.82, 2.24) is 14.9 Å². The molecule has 0 unspecified atom stereocenters. The van der Waals surface area contributed by atoms with E-state index in [2.05, 4.69) is 4.98 Å². The van der Waals surface area contributed by atoms with Crippen LogP contribution >= 0.6 is 0 Å². The predicted molar refractivity (Wildman–Crippen MR) is 44.8 cm³/mol. The Bertz CT molecular complexity index is 403. The summed E-state index contributed by atoms with van der Waals surface area (Å²) in [6, 6.07) is 0. The van der Waals surface area contributed by atoms with Crippen molar-refractivity contribution in [2.75, 3.05) is 7.05 Å². The van der Waals surface area contributed by atoms with Crippen molar-refractivity contribution < 1.29 is 28.8 Å². The Morgan fingerprint density at radius 1 is 1.73 bits per heavy atom. The van der Waals surface area contributed by atoms with Crippen LogP contribution < -0.4 is 4.30 Å². The number of aldehydes is 1. The average Bonchev–Trinajstić information content (AvgIpc) is 2.44. The summed E-state index contributed by atoms with van der Waals surface area (Å²) >= 11 is 1.37. The van der Waals surface area contributed by atoms with E-state index in [-0.39, 0.29) is 5.91 Å². The van der Waals surface area contributed by atoms with E-state index in [0.717, 1.165) is 16.3 Å². The number of hydrogen-bond donors (Lipinski definition) is 0. The molecule has 0 aliphatic carbocycles. The number of aromatic nitrogens is 2. The summed E-state index contributed by atoms with van der Waals surface area (Å²) in [7, 11) is 1.80. The summed E-state index contributed by atoms with van der Waals surface area (Å²) in [6.07, 6.45) is 0.729. The summed E-state index contributed by atoms with van der Waals surface area (Å²) < 4.78 is 2.76. The standard InChI is InChI=1S/C8H10N3O2.Re.Rf/c1-6-7(4-12)10-5-11(6)3-8(13)9-2;;/h4H,3H2,1-2H3,(H,9,13);;/q;;+1/p-1. The summed E-state index contributed by atoms with van der Waals surface area (Å²) in [6.45, 7) is 2.10. The maximum absolute atomic E-state index is 11.6. The van der Waals surface area contributed by atoms with Crippen molar-refractivity contribution in [3.8, 4) is 0 Å². The normalized spacial score (nSPS) is 10.2. The van der Waals surface area contributed by atoms with E-state index in [1.165, 1.54) is 19.2 Å². The molecule has 0 saturated carbocycles. The van der Waals surface area contributed by atoms with E-state index in [9.17, 15) is 9.59 Å². The van der Waals surface area contributed by atoms with Gasteiger partial charge in [-0.25, -0.2) is 0 Å². The van der Waals surface area contributed by atoms with Crippen LogP contribution in [0, 0.1) is 6.92 Å². The van der Waals surface area contributed by atoms with Gasteiger partial charge in [0.25, 0.3) is 0 Å². The van der Waals surface area contributed by atoms with Crippen molar-refractivity contribution in [2.24, 2.45) is 0 Å². The van der Waals surface area contributed by atoms with Gasteiger partial charge in [-0.15, -0.1) is 0 Å². The second-order valence-corrected chi connectivity index (χ2v) is 8.65. The summed E-state index contributed by atoms with van der Waals surface area (Å²) in [4.78, 5) is 26.3.